The van der Waals surface area contributed by atoms with Gasteiger partial charge in [0, 0.05) is 17.8 Å². The third-order valence-corrected chi connectivity index (χ3v) is 4.02. The molecule has 1 aromatic carbocycles. The van der Waals surface area contributed by atoms with Crippen molar-refractivity contribution in [1.29, 1.82) is 0 Å². The van der Waals surface area contributed by atoms with Crippen molar-refractivity contribution in [2.45, 2.75) is 38.8 Å². The summed E-state index contributed by atoms with van der Waals surface area (Å²) in [5.74, 6) is 0.507. The Morgan fingerprint density at radius 2 is 1.90 bits per heavy atom. The monoisotopic (exact) mass is 423 g/mol. The number of hydrogen-bond donors (Lipinski definition) is 4. The number of benzene rings is 1. The summed E-state index contributed by atoms with van der Waals surface area (Å²) in [6.45, 7) is 5.71. The maximum absolute atomic E-state index is 11.7. The second-order valence-electron chi connectivity index (χ2n) is 7.30. The minimum atomic E-state index is -0.558. The van der Waals surface area contributed by atoms with E-state index in [1.807, 2.05) is 0 Å². The van der Waals surface area contributed by atoms with Crippen molar-refractivity contribution < 1.29 is 19.1 Å². The highest BCUT2D eigenvalue weighted by Crippen LogP contribution is 2.28. The first-order valence-electron chi connectivity index (χ1n) is 9.02. The molecule has 0 aliphatic rings. The number of ether oxygens (including phenoxy) is 2. The van der Waals surface area contributed by atoms with Gasteiger partial charge < -0.3 is 25.5 Å². The third-order valence-electron chi connectivity index (χ3n) is 3.74. The van der Waals surface area contributed by atoms with Gasteiger partial charge in [-0.15, -0.1) is 0 Å². The van der Waals surface area contributed by atoms with Crippen LogP contribution < -0.4 is 16.4 Å². The van der Waals surface area contributed by atoms with Crippen LogP contribution in [-0.4, -0.2) is 41.4 Å². The molecular formula is C19H26ClN5O4. The Balaban J connectivity index is 1.97. The molecule has 2 aromatic rings. The van der Waals surface area contributed by atoms with Crippen LogP contribution in [0.3, 0.4) is 0 Å². The lowest BCUT2D eigenvalue weighted by Crippen LogP contribution is -2.34. The second kappa shape index (κ2) is 9.62. The fourth-order valence-corrected chi connectivity index (χ4v) is 2.65. The number of imidazole rings is 1. The van der Waals surface area contributed by atoms with Crippen molar-refractivity contribution >= 4 is 29.5 Å². The predicted octanol–water partition coefficient (Wildman–Crippen LogP) is 3.82. The summed E-state index contributed by atoms with van der Waals surface area (Å²) in [5.41, 5.74) is 7.48. The van der Waals surface area contributed by atoms with Crippen LogP contribution in [0.25, 0.3) is 11.3 Å². The lowest BCUT2D eigenvalue weighted by Gasteiger charge is -2.20. The number of hydrogen-bond acceptors (Lipinski definition) is 6. The van der Waals surface area contributed by atoms with Crippen molar-refractivity contribution in [1.82, 2.24) is 15.3 Å². The highest BCUT2D eigenvalue weighted by Gasteiger charge is 2.18. The van der Waals surface area contributed by atoms with E-state index in [1.165, 1.54) is 7.11 Å². The van der Waals surface area contributed by atoms with Gasteiger partial charge in [-0.3, -0.25) is 5.32 Å². The molecule has 0 unspecified atom stereocenters. The van der Waals surface area contributed by atoms with Gasteiger partial charge in [0.05, 0.1) is 13.2 Å². The largest absolute Gasteiger partial charge is 0.453 e. The molecule has 5 N–H and O–H groups in total. The maximum atomic E-state index is 11.7. The molecule has 2 amide bonds. The summed E-state index contributed by atoms with van der Waals surface area (Å²) >= 11 is 6.27. The van der Waals surface area contributed by atoms with E-state index in [4.69, 9.17) is 22.1 Å². The first-order valence-corrected chi connectivity index (χ1v) is 9.40. The number of alkyl carbamates (subject to hydrolysis) is 1. The van der Waals surface area contributed by atoms with Gasteiger partial charge in [-0.05, 0) is 39.3 Å². The van der Waals surface area contributed by atoms with Crippen LogP contribution >= 0.6 is 11.6 Å². The first kappa shape index (κ1) is 22.5. The number of carbonyl (C=O) groups is 2. The zero-order valence-corrected chi connectivity index (χ0v) is 17.6. The SMILES string of the molecule is COC(=O)Nc1ccc(-c2nc([C@@H](N)CCNC(=O)OC(C)(C)C)[nH]c2Cl)cc1. The number of methoxy groups -OCH3 is 1. The molecule has 0 radical (unpaired) electrons. The second-order valence-corrected chi connectivity index (χ2v) is 7.68. The summed E-state index contributed by atoms with van der Waals surface area (Å²) in [5, 5.41) is 5.58. The Labute approximate surface area is 174 Å². The molecule has 0 saturated carbocycles. The summed E-state index contributed by atoms with van der Waals surface area (Å²) in [6, 6.07) is 6.51. The van der Waals surface area contributed by atoms with E-state index in [-0.39, 0.29) is 0 Å². The molecule has 10 heteroatoms. The minimum Gasteiger partial charge on any atom is -0.453 e. The number of anilines is 1. The third kappa shape index (κ3) is 6.95. The van der Waals surface area contributed by atoms with Crippen molar-refractivity contribution in [2.24, 2.45) is 5.73 Å². The van der Waals surface area contributed by atoms with Gasteiger partial charge in [0.25, 0.3) is 0 Å². The van der Waals surface area contributed by atoms with Crippen LogP contribution in [0.5, 0.6) is 0 Å². The zero-order chi connectivity index (χ0) is 21.6. The zero-order valence-electron chi connectivity index (χ0n) is 16.8. The van der Waals surface area contributed by atoms with E-state index in [2.05, 4.69) is 25.3 Å². The molecule has 0 saturated heterocycles. The van der Waals surface area contributed by atoms with E-state index < -0.39 is 23.8 Å². The Hall–Kier alpha value is -2.78. The number of amides is 2. The molecule has 0 aliphatic carbocycles. The van der Waals surface area contributed by atoms with E-state index in [1.54, 1.807) is 45.0 Å². The molecule has 0 spiro atoms. The standard InChI is InChI=1S/C19H26ClN5O4/c1-19(2,3)29-17(26)22-10-9-13(21)16-24-14(15(20)25-16)11-5-7-12(8-6-11)23-18(27)28-4/h5-8,13H,9-10,21H2,1-4H3,(H,22,26)(H,23,27)(H,24,25)/t13-/m0/s1. The topological polar surface area (TPSA) is 131 Å². The fourth-order valence-electron chi connectivity index (χ4n) is 2.40. The molecule has 0 bridgehead atoms. The molecule has 0 fully saturated rings. The Bertz CT molecular complexity index is 845. The fraction of sp³-hybridized carbons (Fsp3) is 0.421. The summed E-state index contributed by atoms with van der Waals surface area (Å²) in [7, 11) is 1.29. The molecule has 29 heavy (non-hydrogen) atoms. The van der Waals surface area contributed by atoms with E-state index >= 15 is 0 Å². The summed E-state index contributed by atoms with van der Waals surface area (Å²) in [4.78, 5) is 30.4. The lowest BCUT2D eigenvalue weighted by atomic mass is 10.1. The number of aromatic nitrogens is 2. The first-order chi connectivity index (χ1) is 13.6. The number of aromatic amines is 1. The van der Waals surface area contributed by atoms with Gasteiger partial charge in [-0.25, -0.2) is 14.6 Å². The molecule has 1 atom stereocenters. The van der Waals surface area contributed by atoms with Crippen LogP contribution in [-0.2, 0) is 9.47 Å². The number of nitrogens with zero attached hydrogens (tertiary/aromatic N) is 1. The number of nitrogens with two attached hydrogens (primary N) is 1. The van der Waals surface area contributed by atoms with Crippen molar-refractivity contribution in [3.63, 3.8) is 0 Å². The number of carbonyl (C=O) groups excluding carboxylic acids is 2. The molecule has 158 valence electrons. The van der Waals surface area contributed by atoms with E-state index in [0.717, 1.165) is 5.56 Å². The van der Waals surface area contributed by atoms with Gasteiger partial charge in [-0.2, -0.15) is 0 Å². The van der Waals surface area contributed by atoms with Crippen LogP contribution in [0.2, 0.25) is 5.15 Å². The lowest BCUT2D eigenvalue weighted by molar-refractivity contribution is 0.0526. The average Bonchev–Trinajstić information content (AvgIpc) is 3.02. The number of H-pyrrole nitrogens is 1. The van der Waals surface area contributed by atoms with Crippen molar-refractivity contribution in [2.75, 3.05) is 19.0 Å². The quantitative estimate of drug-likeness (QED) is 0.558. The molecular weight excluding hydrogens is 398 g/mol. The van der Waals surface area contributed by atoms with Crippen LogP contribution in [0.1, 0.15) is 39.1 Å². The van der Waals surface area contributed by atoms with E-state index in [0.29, 0.717) is 35.3 Å². The smallest absolute Gasteiger partial charge is 0.411 e. The van der Waals surface area contributed by atoms with Crippen LogP contribution in [0.4, 0.5) is 15.3 Å². The van der Waals surface area contributed by atoms with Gasteiger partial charge in [0.1, 0.15) is 22.3 Å². The molecule has 9 nitrogen and oxygen atoms in total. The molecule has 1 aromatic heterocycles. The maximum Gasteiger partial charge on any atom is 0.411 e. The highest BCUT2D eigenvalue weighted by atomic mass is 35.5. The predicted molar refractivity (Wildman–Crippen MR) is 111 cm³/mol. The van der Waals surface area contributed by atoms with E-state index in [9.17, 15) is 9.59 Å². The number of halogens is 1. The van der Waals surface area contributed by atoms with Gasteiger partial charge in [0.2, 0.25) is 0 Å². The molecule has 0 aliphatic heterocycles. The average molecular weight is 424 g/mol. The normalized spacial score (nSPS) is 12.2. The van der Waals surface area contributed by atoms with Gasteiger partial charge in [-0.1, -0.05) is 23.7 Å². The Morgan fingerprint density at radius 1 is 1.24 bits per heavy atom. The number of nitrogens with one attached hydrogen (secondary N) is 3. The Morgan fingerprint density at radius 3 is 2.48 bits per heavy atom. The summed E-state index contributed by atoms with van der Waals surface area (Å²) < 4.78 is 9.73. The van der Waals surface area contributed by atoms with Crippen LogP contribution in [0, 0.1) is 0 Å². The van der Waals surface area contributed by atoms with Crippen LogP contribution in [0.15, 0.2) is 24.3 Å². The van der Waals surface area contributed by atoms with Crippen molar-refractivity contribution in [3.05, 3.63) is 35.2 Å². The van der Waals surface area contributed by atoms with Gasteiger partial charge >= 0.3 is 12.2 Å². The van der Waals surface area contributed by atoms with Crippen molar-refractivity contribution in [3.8, 4) is 11.3 Å². The molecule has 2 rings (SSSR count). The van der Waals surface area contributed by atoms with Gasteiger partial charge in [0.15, 0.2) is 0 Å². The highest BCUT2D eigenvalue weighted by molar-refractivity contribution is 6.31. The summed E-state index contributed by atoms with van der Waals surface area (Å²) in [6.07, 6.45) is -0.600. The molecule has 1 heterocycles. The number of rotatable bonds is 6. The minimum absolute atomic E-state index is 0.331. The Kier molecular flexibility index (Phi) is 7.46.